The van der Waals surface area contributed by atoms with E-state index in [9.17, 15) is 0 Å². The Balaban J connectivity index is 2.31. The van der Waals surface area contributed by atoms with E-state index >= 15 is 0 Å². The van der Waals surface area contributed by atoms with Crippen LogP contribution in [0, 0.1) is 0 Å². The number of rotatable bonds is 3. The summed E-state index contributed by atoms with van der Waals surface area (Å²) < 4.78 is 0.950. The molecular formula is C15H15BrClN. The molecule has 0 aliphatic rings. The molecule has 3 heteroatoms. The van der Waals surface area contributed by atoms with Crippen LogP contribution in [0.2, 0.25) is 5.02 Å². The Morgan fingerprint density at radius 2 is 1.78 bits per heavy atom. The minimum absolute atomic E-state index is 0.147. The summed E-state index contributed by atoms with van der Waals surface area (Å²) in [6.45, 7) is 2.14. The number of nitrogens with two attached hydrogens (primary N) is 1. The molecule has 2 aromatic carbocycles. The van der Waals surface area contributed by atoms with Gasteiger partial charge in [0.05, 0.1) is 6.04 Å². The molecule has 0 bridgehead atoms. The van der Waals surface area contributed by atoms with Crippen molar-refractivity contribution in [3.8, 4) is 0 Å². The molecule has 0 heterocycles. The second-order valence-electron chi connectivity index (χ2n) is 4.28. The molecule has 0 spiro atoms. The zero-order chi connectivity index (χ0) is 13.1. The van der Waals surface area contributed by atoms with E-state index < -0.39 is 0 Å². The quantitative estimate of drug-likeness (QED) is 0.869. The van der Waals surface area contributed by atoms with E-state index in [4.69, 9.17) is 17.3 Å². The lowest BCUT2D eigenvalue weighted by atomic mass is 9.98. The maximum Gasteiger partial charge on any atom is 0.0552 e. The first kappa shape index (κ1) is 13.6. The van der Waals surface area contributed by atoms with E-state index in [1.54, 1.807) is 0 Å². The topological polar surface area (TPSA) is 26.0 Å². The first-order valence-electron chi connectivity index (χ1n) is 5.90. The maximum atomic E-state index is 6.27. The van der Waals surface area contributed by atoms with Crippen LogP contribution >= 0.6 is 27.5 Å². The highest BCUT2D eigenvalue weighted by molar-refractivity contribution is 9.10. The minimum atomic E-state index is -0.147. The van der Waals surface area contributed by atoms with Crippen LogP contribution in [0.15, 0.2) is 46.9 Å². The van der Waals surface area contributed by atoms with Crippen molar-refractivity contribution in [1.82, 2.24) is 0 Å². The predicted molar refractivity (Wildman–Crippen MR) is 81.0 cm³/mol. The van der Waals surface area contributed by atoms with Crippen LogP contribution in [-0.2, 0) is 6.42 Å². The number of hydrogen-bond acceptors (Lipinski definition) is 1. The highest BCUT2D eigenvalue weighted by Gasteiger charge is 2.10. The van der Waals surface area contributed by atoms with Gasteiger partial charge in [-0.1, -0.05) is 58.7 Å². The van der Waals surface area contributed by atoms with Gasteiger partial charge < -0.3 is 5.73 Å². The number of halogens is 2. The van der Waals surface area contributed by atoms with Crippen molar-refractivity contribution in [2.75, 3.05) is 0 Å². The van der Waals surface area contributed by atoms with E-state index in [-0.39, 0.29) is 6.04 Å². The molecule has 1 unspecified atom stereocenters. The molecule has 0 fully saturated rings. The van der Waals surface area contributed by atoms with Gasteiger partial charge >= 0.3 is 0 Å². The Labute approximate surface area is 121 Å². The van der Waals surface area contributed by atoms with Crippen LogP contribution in [0.1, 0.15) is 29.7 Å². The third-order valence-electron chi connectivity index (χ3n) is 2.99. The summed E-state index contributed by atoms with van der Waals surface area (Å²) in [5.41, 5.74) is 9.70. The van der Waals surface area contributed by atoms with Crippen molar-refractivity contribution in [2.24, 2.45) is 5.73 Å². The second kappa shape index (κ2) is 5.87. The molecule has 2 aromatic rings. The first-order chi connectivity index (χ1) is 8.60. The SMILES string of the molecule is CCc1ccc(C(N)c2cc(Cl)cc(Br)c2)cc1. The molecule has 94 valence electrons. The zero-order valence-electron chi connectivity index (χ0n) is 10.2. The van der Waals surface area contributed by atoms with E-state index in [0.29, 0.717) is 5.02 Å². The average Bonchev–Trinajstić information content (AvgIpc) is 2.37. The lowest BCUT2D eigenvalue weighted by Crippen LogP contribution is -2.11. The standard InChI is InChI=1S/C15H15BrClN/c1-2-10-3-5-11(6-4-10)15(18)12-7-13(16)9-14(17)8-12/h3-9,15H,2,18H2,1H3. The van der Waals surface area contributed by atoms with Crippen molar-refractivity contribution in [3.63, 3.8) is 0 Å². The molecule has 2 rings (SSSR count). The molecule has 0 aliphatic heterocycles. The lowest BCUT2D eigenvalue weighted by molar-refractivity contribution is 0.869. The van der Waals surface area contributed by atoms with Crippen LogP contribution in [0.3, 0.4) is 0 Å². The van der Waals surface area contributed by atoms with Crippen molar-refractivity contribution in [2.45, 2.75) is 19.4 Å². The highest BCUT2D eigenvalue weighted by Crippen LogP contribution is 2.26. The monoisotopic (exact) mass is 323 g/mol. The van der Waals surface area contributed by atoms with Gasteiger partial charge in [0.1, 0.15) is 0 Å². The van der Waals surface area contributed by atoms with Gasteiger partial charge in [-0.05, 0) is 41.3 Å². The molecule has 1 atom stereocenters. The van der Waals surface area contributed by atoms with E-state index in [0.717, 1.165) is 22.0 Å². The van der Waals surface area contributed by atoms with Gasteiger partial charge in [0.2, 0.25) is 0 Å². The number of hydrogen-bond donors (Lipinski definition) is 1. The smallest absolute Gasteiger partial charge is 0.0552 e. The maximum absolute atomic E-state index is 6.27. The van der Waals surface area contributed by atoms with E-state index in [1.165, 1.54) is 5.56 Å². The summed E-state index contributed by atoms with van der Waals surface area (Å²) in [4.78, 5) is 0. The van der Waals surface area contributed by atoms with Crippen molar-refractivity contribution in [3.05, 3.63) is 68.7 Å². The van der Waals surface area contributed by atoms with Crippen molar-refractivity contribution >= 4 is 27.5 Å². The molecule has 0 radical (unpaired) electrons. The van der Waals surface area contributed by atoms with Crippen LogP contribution < -0.4 is 5.73 Å². The normalized spacial score (nSPS) is 12.4. The summed E-state index contributed by atoms with van der Waals surface area (Å²) >= 11 is 9.48. The highest BCUT2D eigenvalue weighted by atomic mass is 79.9. The molecule has 2 N–H and O–H groups in total. The van der Waals surface area contributed by atoms with Crippen LogP contribution in [0.5, 0.6) is 0 Å². The molecule has 0 amide bonds. The van der Waals surface area contributed by atoms with Gasteiger partial charge in [-0.25, -0.2) is 0 Å². The third-order valence-corrected chi connectivity index (χ3v) is 3.67. The van der Waals surface area contributed by atoms with Gasteiger partial charge in [0, 0.05) is 9.50 Å². The Morgan fingerprint density at radius 3 is 2.33 bits per heavy atom. The molecule has 1 nitrogen and oxygen atoms in total. The molecule has 0 aliphatic carbocycles. The fourth-order valence-electron chi connectivity index (χ4n) is 1.91. The third kappa shape index (κ3) is 3.14. The summed E-state index contributed by atoms with van der Waals surface area (Å²) in [5.74, 6) is 0. The zero-order valence-corrected chi connectivity index (χ0v) is 12.5. The van der Waals surface area contributed by atoms with Crippen LogP contribution in [-0.4, -0.2) is 0 Å². The predicted octanol–water partition coefficient (Wildman–Crippen LogP) is 4.71. The number of aryl methyl sites for hydroxylation is 1. The Morgan fingerprint density at radius 1 is 1.11 bits per heavy atom. The Hall–Kier alpha value is -0.830. The minimum Gasteiger partial charge on any atom is -0.320 e. The van der Waals surface area contributed by atoms with Crippen molar-refractivity contribution < 1.29 is 0 Å². The van der Waals surface area contributed by atoms with Gasteiger partial charge in [-0.15, -0.1) is 0 Å². The van der Waals surface area contributed by atoms with Gasteiger partial charge in [-0.3, -0.25) is 0 Å². The molecule has 0 saturated carbocycles. The lowest BCUT2D eigenvalue weighted by Gasteiger charge is -2.14. The molecule has 0 saturated heterocycles. The largest absolute Gasteiger partial charge is 0.320 e. The Bertz CT molecular complexity index is 516. The summed E-state index contributed by atoms with van der Waals surface area (Å²) in [7, 11) is 0. The van der Waals surface area contributed by atoms with Crippen LogP contribution in [0.25, 0.3) is 0 Å². The van der Waals surface area contributed by atoms with Gasteiger partial charge in [0.15, 0.2) is 0 Å². The van der Waals surface area contributed by atoms with Crippen LogP contribution in [0.4, 0.5) is 0 Å². The van der Waals surface area contributed by atoms with Gasteiger partial charge in [-0.2, -0.15) is 0 Å². The molecule has 18 heavy (non-hydrogen) atoms. The van der Waals surface area contributed by atoms with E-state index in [1.807, 2.05) is 18.2 Å². The first-order valence-corrected chi connectivity index (χ1v) is 7.07. The van der Waals surface area contributed by atoms with Crippen molar-refractivity contribution in [1.29, 1.82) is 0 Å². The average molecular weight is 325 g/mol. The molecular weight excluding hydrogens is 310 g/mol. The van der Waals surface area contributed by atoms with E-state index in [2.05, 4.69) is 47.1 Å². The summed E-state index contributed by atoms with van der Waals surface area (Å²) in [5, 5.41) is 0.694. The fraction of sp³-hybridized carbons (Fsp3) is 0.200. The summed E-state index contributed by atoms with van der Waals surface area (Å²) in [6.07, 6.45) is 1.04. The number of benzene rings is 2. The molecule has 0 aromatic heterocycles. The summed E-state index contributed by atoms with van der Waals surface area (Å²) in [6, 6.07) is 14.0. The Kier molecular flexibility index (Phi) is 4.44. The second-order valence-corrected chi connectivity index (χ2v) is 5.63. The van der Waals surface area contributed by atoms with Gasteiger partial charge in [0.25, 0.3) is 0 Å². The fourth-order valence-corrected chi connectivity index (χ4v) is 2.79.